The van der Waals surface area contributed by atoms with Crippen LogP contribution in [-0.2, 0) is 0 Å². The van der Waals surface area contributed by atoms with E-state index in [9.17, 15) is 4.79 Å². The summed E-state index contributed by atoms with van der Waals surface area (Å²) < 4.78 is 0. The predicted octanol–water partition coefficient (Wildman–Crippen LogP) is 4.15. The highest BCUT2D eigenvalue weighted by Crippen LogP contribution is 2.22. The number of aromatic nitrogens is 2. The highest BCUT2D eigenvalue weighted by molar-refractivity contribution is 7.99. The van der Waals surface area contributed by atoms with Crippen LogP contribution in [0, 0.1) is 13.8 Å². The molecule has 0 saturated heterocycles. The number of fused-ring (bicyclic) bond motifs is 1. The summed E-state index contributed by atoms with van der Waals surface area (Å²) in [7, 11) is 0. The Labute approximate surface area is 127 Å². The third-order valence-corrected chi connectivity index (χ3v) is 4.23. The number of carbonyl (C=O) groups is 1. The number of hydrogen-bond acceptors (Lipinski definition) is 3. The molecule has 2 heterocycles. The monoisotopic (exact) mass is 296 g/mol. The van der Waals surface area contributed by atoms with Gasteiger partial charge in [-0.2, -0.15) is 0 Å². The van der Waals surface area contributed by atoms with Crippen molar-refractivity contribution >= 4 is 28.4 Å². The van der Waals surface area contributed by atoms with Gasteiger partial charge in [0.2, 0.25) is 0 Å². The molecular weight excluding hydrogens is 280 g/mol. The van der Waals surface area contributed by atoms with E-state index >= 15 is 0 Å². The van der Waals surface area contributed by atoms with Crippen LogP contribution in [0.25, 0.3) is 10.9 Å². The lowest BCUT2D eigenvalue weighted by molar-refractivity contribution is 0.102. The SMILES string of the molecule is Cc1cc(C)nc(SCC(=O)c2c[nH]c3ccccc23)c1. The Morgan fingerprint density at radius 1 is 1.24 bits per heavy atom. The molecule has 0 aliphatic heterocycles. The largest absolute Gasteiger partial charge is 0.360 e. The number of rotatable bonds is 4. The second kappa shape index (κ2) is 5.74. The molecule has 0 saturated carbocycles. The Bertz CT molecular complexity index is 787. The molecule has 1 N–H and O–H groups in total. The molecule has 0 aliphatic rings. The van der Waals surface area contributed by atoms with Crippen molar-refractivity contribution in [2.75, 3.05) is 5.75 Å². The van der Waals surface area contributed by atoms with Crippen LogP contribution < -0.4 is 0 Å². The van der Waals surface area contributed by atoms with Crippen LogP contribution in [0.5, 0.6) is 0 Å². The van der Waals surface area contributed by atoms with Crippen LogP contribution >= 0.6 is 11.8 Å². The highest BCUT2D eigenvalue weighted by Gasteiger charge is 2.12. The number of Topliss-reactive ketones (excluding diaryl/α,β-unsaturated/α-hetero) is 1. The molecule has 2 aromatic heterocycles. The van der Waals surface area contributed by atoms with E-state index in [1.807, 2.05) is 50.2 Å². The van der Waals surface area contributed by atoms with E-state index in [0.717, 1.165) is 27.2 Å². The summed E-state index contributed by atoms with van der Waals surface area (Å²) in [5.74, 6) is 0.524. The van der Waals surface area contributed by atoms with E-state index in [2.05, 4.69) is 9.97 Å². The van der Waals surface area contributed by atoms with Gasteiger partial charge in [-0.1, -0.05) is 30.0 Å². The van der Waals surface area contributed by atoms with Crippen LogP contribution in [-0.4, -0.2) is 21.5 Å². The van der Waals surface area contributed by atoms with Gasteiger partial charge in [-0.15, -0.1) is 0 Å². The van der Waals surface area contributed by atoms with E-state index in [-0.39, 0.29) is 5.78 Å². The van der Waals surface area contributed by atoms with Crippen molar-refractivity contribution in [3.63, 3.8) is 0 Å². The van der Waals surface area contributed by atoms with E-state index in [1.54, 1.807) is 6.20 Å². The van der Waals surface area contributed by atoms with Gasteiger partial charge in [0.25, 0.3) is 0 Å². The van der Waals surface area contributed by atoms with E-state index in [0.29, 0.717) is 5.75 Å². The number of aromatic amines is 1. The molecule has 1 aromatic carbocycles. The second-order valence-corrected chi connectivity index (χ2v) is 6.08. The average molecular weight is 296 g/mol. The summed E-state index contributed by atoms with van der Waals surface area (Å²) in [5, 5.41) is 1.89. The Hall–Kier alpha value is -2.07. The fourth-order valence-corrected chi connectivity index (χ4v) is 3.31. The molecule has 0 amide bonds. The van der Waals surface area contributed by atoms with Gasteiger partial charge in [-0.25, -0.2) is 4.98 Å². The van der Waals surface area contributed by atoms with Crippen molar-refractivity contribution in [3.8, 4) is 0 Å². The summed E-state index contributed by atoms with van der Waals surface area (Å²) in [6.45, 7) is 4.01. The number of para-hydroxylation sites is 1. The summed E-state index contributed by atoms with van der Waals surface area (Å²) >= 11 is 1.49. The molecular formula is C17H16N2OS. The third kappa shape index (κ3) is 3.00. The minimum Gasteiger partial charge on any atom is -0.360 e. The van der Waals surface area contributed by atoms with Gasteiger partial charge in [0, 0.05) is 28.4 Å². The molecule has 3 rings (SSSR count). The van der Waals surface area contributed by atoms with Crippen molar-refractivity contribution in [1.29, 1.82) is 0 Å². The Morgan fingerprint density at radius 3 is 2.86 bits per heavy atom. The van der Waals surface area contributed by atoms with E-state index in [1.165, 1.54) is 17.3 Å². The lowest BCUT2D eigenvalue weighted by atomic mass is 10.1. The molecule has 3 nitrogen and oxygen atoms in total. The fraction of sp³-hybridized carbons (Fsp3) is 0.176. The number of pyridine rings is 1. The number of hydrogen-bond donors (Lipinski definition) is 1. The van der Waals surface area contributed by atoms with E-state index < -0.39 is 0 Å². The van der Waals surface area contributed by atoms with Crippen molar-refractivity contribution in [3.05, 3.63) is 59.4 Å². The van der Waals surface area contributed by atoms with Crippen LogP contribution in [0.15, 0.2) is 47.6 Å². The lowest BCUT2D eigenvalue weighted by Gasteiger charge is -2.03. The fourth-order valence-electron chi connectivity index (χ4n) is 2.40. The number of H-pyrrole nitrogens is 1. The van der Waals surface area contributed by atoms with Crippen molar-refractivity contribution in [1.82, 2.24) is 9.97 Å². The maximum atomic E-state index is 12.4. The molecule has 0 unspecified atom stereocenters. The number of ketones is 1. The second-order valence-electron chi connectivity index (χ2n) is 5.08. The number of benzene rings is 1. The first-order chi connectivity index (χ1) is 10.1. The molecule has 0 bridgehead atoms. The molecule has 0 fully saturated rings. The van der Waals surface area contributed by atoms with Crippen LogP contribution in [0.1, 0.15) is 21.6 Å². The maximum absolute atomic E-state index is 12.4. The molecule has 0 aliphatic carbocycles. The van der Waals surface area contributed by atoms with Crippen molar-refractivity contribution < 1.29 is 4.79 Å². The summed E-state index contributed by atoms with van der Waals surface area (Å²) in [4.78, 5) is 20.0. The topological polar surface area (TPSA) is 45.8 Å². The first-order valence-corrected chi connectivity index (χ1v) is 7.79. The Kier molecular flexibility index (Phi) is 3.80. The maximum Gasteiger partial charge on any atom is 0.175 e. The highest BCUT2D eigenvalue weighted by atomic mass is 32.2. The predicted molar refractivity (Wildman–Crippen MR) is 87.1 cm³/mol. The number of nitrogens with one attached hydrogen (secondary N) is 1. The summed E-state index contributed by atoms with van der Waals surface area (Å²) in [6, 6.07) is 11.9. The molecule has 21 heavy (non-hydrogen) atoms. The van der Waals surface area contributed by atoms with Gasteiger partial charge >= 0.3 is 0 Å². The van der Waals surface area contributed by atoms with Crippen LogP contribution in [0.3, 0.4) is 0 Å². The van der Waals surface area contributed by atoms with Gasteiger partial charge < -0.3 is 4.98 Å². The molecule has 0 radical (unpaired) electrons. The van der Waals surface area contributed by atoms with Crippen molar-refractivity contribution in [2.24, 2.45) is 0 Å². The quantitative estimate of drug-likeness (QED) is 0.581. The molecule has 3 aromatic rings. The Morgan fingerprint density at radius 2 is 2.05 bits per heavy atom. The van der Waals surface area contributed by atoms with E-state index in [4.69, 9.17) is 0 Å². The molecule has 0 atom stereocenters. The zero-order valence-corrected chi connectivity index (χ0v) is 12.8. The minimum atomic E-state index is 0.124. The first kappa shape index (κ1) is 13.9. The third-order valence-electron chi connectivity index (χ3n) is 3.32. The zero-order valence-electron chi connectivity index (χ0n) is 12.0. The number of thioether (sulfide) groups is 1. The van der Waals surface area contributed by atoms with Crippen molar-refractivity contribution in [2.45, 2.75) is 18.9 Å². The molecule has 4 heteroatoms. The summed E-state index contributed by atoms with van der Waals surface area (Å²) in [6.07, 6.45) is 1.79. The summed E-state index contributed by atoms with van der Waals surface area (Å²) in [5.41, 5.74) is 3.90. The Balaban J connectivity index is 1.77. The molecule has 0 spiro atoms. The number of aryl methyl sites for hydroxylation is 2. The van der Waals surface area contributed by atoms with Gasteiger partial charge in [-0.05, 0) is 37.6 Å². The normalized spacial score (nSPS) is 11.0. The lowest BCUT2D eigenvalue weighted by Crippen LogP contribution is -2.02. The standard InChI is InChI=1S/C17H16N2OS/c1-11-7-12(2)19-17(8-11)21-10-16(20)14-9-18-15-6-4-3-5-13(14)15/h3-9,18H,10H2,1-2H3. The zero-order chi connectivity index (χ0) is 14.8. The number of carbonyl (C=O) groups excluding carboxylic acids is 1. The van der Waals surface area contributed by atoms with Crippen LogP contribution in [0.2, 0.25) is 0 Å². The van der Waals surface area contributed by atoms with Gasteiger partial charge in [0.05, 0.1) is 10.8 Å². The van der Waals surface area contributed by atoms with Gasteiger partial charge in [-0.3, -0.25) is 4.79 Å². The molecule has 106 valence electrons. The van der Waals surface area contributed by atoms with Crippen LogP contribution in [0.4, 0.5) is 0 Å². The first-order valence-electron chi connectivity index (χ1n) is 6.81. The van der Waals surface area contributed by atoms with Gasteiger partial charge in [0.1, 0.15) is 0 Å². The smallest absolute Gasteiger partial charge is 0.175 e. The number of nitrogens with zero attached hydrogens (tertiary/aromatic N) is 1. The minimum absolute atomic E-state index is 0.124. The van der Waals surface area contributed by atoms with Gasteiger partial charge in [0.15, 0.2) is 5.78 Å². The average Bonchev–Trinajstić information content (AvgIpc) is 2.88.